The summed E-state index contributed by atoms with van der Waals surface area (Å²) < 4.78 is 4.92. The fourth-order valence-corrected chi connectivity index (χ4v) is 1.82. The molecule has 1 aromatic rings. The molecule has 0 saturated heterocycles. The van der Waals surface area contributed by atoms with E-state index in [1.807, 2.05) is 0 Å². The van der Waals surface area contributed by atoms with Gasteiger partial charge in [0, 0.05) is 18.0 Å². The van der Waals surface area contributed by atoms with Crippen molar-refractivity contribution in [2.45, 2.75) is 19.8 Å². The van der Waals surface area contributed by atoms with Gasteiger partial charge in [-0.25, -0.2) is 0 Å². The fraction of sp³-hybridized carbons (Fsp3) is 0.500. The van der Waals surface area contributed by atoms with Gasteiger partial charge in [-0.3, -0.25) is 4.79 Å². The quantitative estimate of drug-likeness (QED) is 0.598. The van der Waals surface area contributed by atoms with E-state index in [0.717, 1.165) is 12.8 Å². The average molecular weight is 286 g/mol. The van der Waals surface area contributed by atoms with Crippen molar-refractivity contribution in [3.05, 3.63) is 23.8 Å². The van der Waals surface area contributed by atoms with Gasteiger partial charge in [0.25, 0.3) is 5.91 Å². The number of rotatable bonds is 7. The van der Waals surface area contributed by atoms with Crippen LogP contribution in [0.3, 0.4) is 0 Å². The topological polar surface area (TPSA) is 58.6 Å². The zero-order valence-electron chi connectivity index (χ0n) is 11.3. The van der Waals surface area contributed by atoms with Crippen LogP contribution in [0.1, 0.15) is 30.1 Å². The Balaban J connectivity index is 2.43. The zero-order valence-corrected chi connectivity index (χ0v) is 12.0. The molecule has 4 nitrogen and oxygen atoms in total. The van der Waals surface area contributed by atoms with E-state index in [9.17, 15) is 9.90 Å². The van der Waals surface area contributed by atoms with Crippen LogP contribution in [-0.4, -0.2) is 30.5 Å². The number of phenolic OH excluding ortho intramolecular Hbond substituents is 1. The lowest BCUT2D eigenvalue weighted by Crippen LogP contribution is -2.24. The van der Waals surface area contributed by atoms with Gasteiger partial charge in [-0.05, 0) is 37.0 Å². The number of phenols is 1. The molecule has 1 aromatic carbocycles. The van der Waals surface area contributed by atoms with Crippen molar-refractivity contribution in [3.63, 3.8) is 0 Å². The van der Waals surface area contributed by atoms with Crippen molar-refractivity contribution in [3.8, 4) is 11.5 Å². The number of nitrogens with one attached hydrogen (secondary N) is 1. The van der Waals surface area contributed by atoms with Gasteiger partial charge in [0.2, 0.25) is 0 Å². The number of carbonyl (C=O) groups excluding carboxylic acids is 1. The summed E-state index contributed by atoms with van der Waals surface area (Å²) in [6, 6.07) is 4.59. The monoisotopic (exact) mass is 285 g/mol. The highest BCUT2D eigenvalue weighted by atomic mass is 35.5. The highest BCUT2D eigenvalue weighted by Gasteiger charge is 2.09. The molecule has 1 amide bonds. The Morgan fingerprint density at radius 3 is 2.84 bits per heavy atom. The van der Waals surface area contributed by atoms with Crippen molar-refractivity contribution in [2.75, 3.05) is 19.5 Å². The van der Waals surface area contributed by atoms with E-state index in [0.29, 0.717) is 29.7 Å². The lowest BCUT2D eigenvalue weighted by atomic mass is 10.1. The van der Waals surface area contributed by atoms with Crippen molar-refractivity contribution in [1.29, 1.82) is 0 Å². The third-order valence-corrected chi connectivity index (χ3v) is 3.39. The highest BCUT2D eigenvalue weighted by Crippen LogP contribution is 2.26. The predicted molar refractivity (Wildman–Crippen MR) is 76.1 cm³/mol. The van der Waals surface area contributed by atoms with E-state index in [2.05, 4.69) is 12.2 Å². The molecule has 19 heavy (non-hydrogen) atoms. The van der Waals surface area contributed by atoms with Crippen LogP contribution in [0.15, 0.2) is 18.2 Å². The number of aromatic hydroxyl groups is 1. The molecule has 0 aliphatic rings. The van der Waals surface area contributed by atoms with E-state index < -0.39 is 0 Å². The molecule has 106 valence electrons. The number of methoxy groups -OCH3 is 1. The largest absolute Gasteiger partial charge is 0.504 e. The number of hydrogen-bond donors (Lipinski definition) is 2. The molecule has 0 saturated carbocycles. The number of ether oxygens (including phenoxy) is 1. The van der Waals surface area contributed by atoms with Crippen molar-refractivity contribution in [2.24, 2.45) is 5.92 Å². The molecule has 1 atom stereocenters. The van der Waals surface area contributed by atoms with Crippen molar-refractivity contribution < 1.29 is 14.6 Å². The number of hydrogen-bond acceptors (Lipinski definition) is 3. The number of benzene rings is 1. The second-order valence-corrected chi connectivity index (χ2v) is 4.85. The van der Waals surface area contributed by atoms with Crippen LogP contribution in [0.2, 0.25) is 0 Å². The van der Waals surface area contributed by atoms with Gasteiger partial charge in [0.05, 0.1) is 7.11 Å². The molecule has 0 aliphatic heterocycles. The van der Waals surface area contributed by atoms with Gasteiger partial charge in [-0.15, -0.1) is 11.6 Å². The number of alkyl halides is 1. The fourth-order valence-electron chi connectivity index (χ4n) is 1.66. The minimum atomic E-state index is -0.198. The van der Waals surface area contributed by atoms with Crippen LogP contribution in [0.25, 0.3) is 0 Å². The SMILES string of the molecule is COc1ccc(C(=O)NCCCC(C)CCl)cc1O. The summed E-state index contributed by atoms with van der Waals surface area (Å²) in [6.07, 6.45) is 1.87. The number of amides is 1. The second kappa shape index (κ2) is 7.89. The Morgan fingerprint density at radius 2 is 2.26 bits per heavy atom. The third-order valence-electron chi connectivity index (χ3n) is 2.86. The molecule has 1 rings (SSSR count). The van der Waals surface area contributed by atoms with Crippen LogP contribution in [0.5, 0.6) is 11.5 Å². The maximum atomic E-state index is 11.8. The van der Waals surface area contributed by atoms with Crippen molar-refractivity contribution >= 4 is 17.5 Å². The van der Waals surface area contributed by atoms with Crippen LogP contribution in [0, 0.1) is 5.92 Å². The first-order valence-corrected chi connectivity index (χ1v) is 6.83. The number of halogens is 1. The van der Waals surface area contributed by atoms with Gasteiger partial charge >= 0.3 is 0 Å². The Bertz CT molecular complexity index is 423. The van der Waals surface area contributed by atoms with Crippen LogP contribution >= 0.6 is 11.6 Å². The lowest BCUT2D eigenvalue weighted by Gasteiger charge is -2.09. The van der Waals surface area contributed by atoms with Crippen LogP contribution in [-0.2, 0) is 0 Å². The standard InChI is InChI=1S/C14H20ClNO3/c1-10(9-15)4-3-7-16-14(18)11-5-6-13(19-2)12(17)8-11/h5-6,8,10,17H,3-4,7,9H2,1-2H3,(H,16,18). The summed E-state index contributed by atoms with van der Waals surface area (Å²) in [5.41, 5.74) is 0.420. The second-order valence-electron chi connectivity index (χ2n) is 4.54. The molecular formula is C14H20ClNO3. The van der Waals surface area contributed by atoms with E-state index in [-0.39, 0.29) is 11.7 Å². The molecule has 0 radical (unpaired) electrons. The first-order valence-electron chi connectivity index (χ1n) is 6.29. The van der Waals surface area contributed by atoms with Gasteiger partial charge in [-0.1, -0.05) is 6.92 Å². The Morgan fingerprint density at radius 1 is 1.53 bits per heavy atom. The third kappa shape index (κ3) is 4.99. The summed E-state index contributed by atoms with van der Waals surface area (Å²) in [7, 11) is 1.47. The van der Waals surface area contributed by atoms with E-state index in [4.69, 9.17) is 16.3 Å². The molecule has 0 spiro atoms. The number of carbonyl (C=O) groups is 1. The molecule has 0 bridgehead atoms. The molecule has 2 N–H and O–H groups in total. The molecule has 0 aliphatic carbocycles. The molecule has 0 fully saturated rings. The van der Waals surface area contributed by atoms with Crippen LogP contribution < -0.4 is 10.1 Å². The first kappa shape index (κ1) is 15.6. The zero-order chi connectivity index (χ0) is 14.3. The average Bonchev–Trinajstić information content (AvgIpc) is 2.42. The minimum absolute atomic E-state index is 0.0362. The lowest BCUT2D eigenvalue weighted by molar-refractivity contribution is 0.0952. The first-order chi connectivity index (χ1) is 9.08. The summed E-state index contributed by atoms with van der Waals surface area (Å²) in [5.74, 6) is 1.22. The summed E-state index contributed by atoms with van der Waals surface area (Å²) in [4.78, 5) is 11.8. The van der Waals surface area contributed by atoms with Gasteiger partial charge in [0.1, 0.15) is 0 Å². The Labute approximate surface area is 118 Å². The smallest absolute Gasteiger partial charge is 0.251 e. The summed E-state index contributed by atoms with van der Waals surface area (Å²) in [5, 5.41) is 12.4. The summed E-state index contributed by atoms with van der Waals surface area (Å²) >= 11 is 5.71. The Kier molecular flexibility index (Phi) is 6.50. The maximum absolute atomic E-state index is 11.8. The van der Waals surface area contributed by atoms with E-state index >= 15 is 0 Å². The summed E-state index contributed by atoms with van der Waals surface area (Å²) in [6.45, 7) is 2.68. The van der Waals surface area contributed by atoms with Gasteiger partial charge in [-0.2, -0.15) is 0 Å². The van der Waals surface area contributed by atoms with Gasteiger partial charge in [0.15, 0.2) is 11.5 Å². The molecule has 5 heteroatoms. The van der Waals surface area contributed by atoms with Crippen molar-refractivity contribution in [1.82, 2.24) is 5.32 Å². The molecule has 0 aromatic heterocycles. The van der Waals surface area contributed by atoms with Crippen LogP contribution in [0.4, 0.5) is 0 Å². The minimum Gasteiger partial charge on any atom is -0.504 e. The highest BCUT2D eigenvalue weighted by molar-refractivity contribution is 6.18. The molecule has 0 heterocycles. The van der Waals surface area contributed by atoms with E-state index in [1.54, 1.807) is 12.1 Å². The Hall–Kier alpha value is -1.42. The van der Waals surface area contributed by atoms with E-state index in [1.165, 1.54) is 13.2 Å². The maximum Gasteiger partial charge on any atom is 0.251 e. The predicted octanol–water partition coefficient (Wildman–Crippen LogP) is 2.79. The normalized spacial score (nSPS) is 11.9. The molecular weight excluding hydrogens is 266 g/mol. The molecule has 1 unspecified atom stereocenters. The van der Waals surface area contributed by atoms with Gasteiger partial charge < -0.3 is 15.2 Å².